The maximum atomic E-state index is 4.93. The summed E-state index contributed by atoms with van der Waals surface area (Å²) in [6.45, 7) is 8.87. The zero-order valence-electron chi connectivity index (χ0n) is 50.4. The summed E-state index contributed by atoms with van der Waals surface area (Å²) in [4.78, 5) is 0. The fourth-order valence-corrected chi connectivity index (χ4v) is 13.9. The van der Waals surface area contributed by atoms with Gasteiger partial charge in [0.2, 0.25) is 0 Å². The first-order valence-corrected chi connectivity index (χ1v) is 39.4. The second-order valence-electron chi connectivity index (χ2n) is 23.3. The topological polar surface area (TPSA) is 0 Å². The molecule has 0 spiro atoms. The molecule has 0 aromatic heterocycles. The van der Waals surface area contributed by atoms with Gasteiger partial charge < -0.3 is 0 Å². The third kappa shape index (κ3) is 11.4. The van der Waals surface area contributed by atoms with Crippen molar-refractivity contribution in [1.82, 2.24) is 0 Å². The minimum absolute atomic E-state index is 0.826. The third-order valence-corrected chi connectivity index (χ3v) is 17.7. The van der Waals surface area contributed by atoms with Gasteiger partial charge in [-0.25, -0.2) is 0 Å². The van der Waals surface area contributed by atoms with E-state index in [0.717, 1.165) is 22.4 Å². The SMILES string of the molecule is CCCCc1cc2c(-c3c4ccccc4cc4ccccc34)ccc(-c3c4ccccc4cc4ccccc34)c2[cH-]1.CCCCc1cc2c(-c3c4ccccc4cc4ccccc34)ccc(-c3c4ccccc4cc4ccccc34)c2[cH-]1.C[Si]C.[Cl][Zr+2][Cl]. The van der Waals surface area contributed by atoms with Gasteiger partial charge in [0.25, 0.3) is 0 Å². The van der Waals surface area contributed by atoms with E-state index in [9.17, 15) is 0 Å². The normalized spacial score (nSPS) is 11.3. The summed E-state index contributed by atoms with van der Waals surface area (Å²) in [6.07, 6.45) is 7.02. The molecular weight excluding hydrogens is 1200 g/mol. The zero-order valence-corrected chi connectivity index (χ0v) is 55.4. The first-order chi connectivity index (χ1) is 43.4. The van der Waals surface area contributed by atoms with E-state index in [1.165, 1.54) is 189 Å². The molecule has 0 saturated carbocycles. The number of hydrogen-bond acceptors (Lipinski definition) is 0. The van der Waals surface area contributed by atoms with Crippen LogP contribution >= 0.6 is 17.0 Å². The number of halogens is 2. The van der Waals surface area contributed by atoms with E-state index in [1.807, 2.05) is 0 Å². The average molecular weight is 1270 g/mol. The Balaban J connectivity index is 0.000000149. The summed E-state index contributed by atoms with van der Waals surface area (Å²) in [5.41, 5.74) is 13.5. The van der Waals surface area contributed by atoms with Crippen LogP contribution in [0.4, 0.5) is 0 Å². The molecule has 0 aliphatic carbocycles. The molecule has 0 saturated heterocycles. The second kappa shape index (κ2) is 26.8. The van der Waals surface area contributed by atoms with E-state index < -0.39 is 20.8 Å². The predicted octanol–water partition coefficient (Wildman–Crippen LogP) is 25.9. The van der Waals surface area contributed by atoms with E-state index in [0.29, 0.717) is 0 Å². The van der Waals surface area contributed by atoms with Gasteiger partial charge in [-0.15, -0.1) is 44.8 Å². The Morgan fingerprint density at radius 3 is 0.727 bits per heavy atom. The molecule has 426 valence electrons. The maximum absolute atomic E-state index is 4.93. The van der Waals surface area contributed by atoms with Crippen molar-refractivity contribution in [3.8, 4) is 44.5 Å². The van der Waals surface area contributed by atoms with Gasteiger partial charge in [-0.1, -0.05) is 293 Å². The molecule has 0 nitrogen and oxygen atoms in total. The first-order valence-electron chi connectivity index (χ1n) is 31.1. The van der Waals surface area contributed by atoms with E-state index in [1.54, 1.807) is 0 Å². The van der Waals surface area contributed by atoms with Gasteiger partial charge in [0, 0.05) is 9.52 Å². The Bertz CT molecular complexity index is 4350. The van der Waals surface area contributed by atoms with Gasteiger partial charge in [0.05, 0.1) is 0 Å². The van der Waals surface area contributed by atoms with Gasteiger partial charge in [0.1, 0.15) is 0 Å². The number of rotatable bonds is 10. The first kappa shape index (κ1) is 59.0. The number of unbranched alkanes of at least 4 members (excludes halogenated alkanes) is 2. The van der Waals surface area contributed by atoms with Crippen molar-refractivity contribution in [3.63, 3.8) is 0 Å². The molecule has 0 N–H and O–H groups in total. The molecule has 16 rings (SSSR count). The van der Waals surface area contributed by atoms with Crippen molar-refractivity contribution in [2.45, 2.75) is 65.5 Å². The van der Waals surface area contributed by atoms with Crippen LogP contribution in [0, 0.1) is 0 Å². The molecule has 0 amide bonds. The standard InChI is InChI=1S/2C41H31.C2H6Si.2ClH.Zr/c2*1-2-3-12-27-23-38-36(40-32-17-8-4-13-28(32)25-29-14-5-9-18-33(29)40)21-22-37(39(38)24-27)41-34-19-10-6-15-30(34)26-31-16-7-11-20-35(31)41;1-3-2;;;/h2*4-11,13-26H,2-3,12H2,1H3;1-2H3;2*1H;/q2*-1;;;;+4/p-2. The quantitative estimate of drug-likeness (QED) is 0.0727. The van der Waals surface area contributed by atoms with Crippen LogP contribution in [0.3, 0.4) is 0 Å². The summed E-state index contributed by atoms with van der Waals surface area (Å²) in [7, 11) is 11.0. The molecule has 88 heavy (non-hydrogen) atoms. The van der Waals surface area contributed by atoms with Crippen molar-refractivity contribution < 1.29 is 20.8 Å². The van der Waals surface area contributed by atoms with Crippen LogP contribution < -0.4 is 0 Å². The van der Waals surface area contributed by atoms with E-state index in [4.69, 9.17) is 17.0 Å². The Labute approximate surface area is 538 Å². The van der Waals surface area contributed by atoms with Crippen molar-refractivity contribution in [2.75, 3.05) is 0 Å². The van der Waals surface area contributed by atoms with Crippen LogP contribution in [0.2, 0.25) is 13.1 Å². The van der Waals surface area contributed by atoms with E-state index in [2.05, 4.69) is 294 Å². The van der Waals surface area contributed by atoms with Gasteiger partial charge in [-0.2, -0.15) is 12.1 Å². The van der Waals surface area contributed by atoms with Crippen LogP contribution in [-0.2, 0) is 33.7 Å². The van der Waals surface area contributed by atoms with E-state index >= 15 is 0 Å². The van der Waals surface area contributed by atoms with Crippen LogP contribution in [0.5, 0.6) is 0 Å². The molecule has 0 unspecified atom stereocenters. The number of benzene rings is 14. The molecule has 0 aliphatic heterocycles. The van der Waals surface area contributed by atoms with Gasteiger partial charge in [-0.05, 0) is 146 Å². The summed E-state index contributed by atoms with van der Waals surface area (Å²) >= 11 is -0.826. The molecule has 2 radical (unpaired) electrons. The van der Waals surface area contributed by atoms with Crippen LogP contribution in [-0.4, -0.2) is 9.52 Å². The molecule has 0 atom stereocenters. The Kier molecular flexibility index (Phi) is 18.0. The molecule has 0 heterocycles. The van der Waals surface area contributed by atoms with E-state index in [-0.39, 0.29) is 0 Å². The third-order valence-electron chi connectivity index (χ3n) is 17.7. The Morgan fingerprint density at radius 1 is 0.295 bits per heavy atom. The fraction of sp³-hybridized carbons (Fsp3) is 0.119. The number of fused-ring (bicyclic) bond motifs is 10. The van der Waals surface area contributed by atoms with Gasteiger partial charge in [0.15, 0.2) is 0 Å². The molecule has 0 bridgehead atoms. The van der Waals surface area contributed by atoms with Crippen LogP contribution in [0.15, 0.2) is 267 Å². The fourth-order valence-electron chi connectivity index (χ4n) is 13.9. The molecule has 16 aromatic rings. The van der Waals surface area contributed by atoms with Crippen molar-refractivity contribution in [2.24, 2.45) is 0 Å². The molecular formula is C84H68Cl2SiZr. The van der Waals surface area contributed by atoms with Crippen molar-refractivity contribution >= 4 is 134 Å². The molecule has 0 aliphatic rings. The van der Waals surface area contributed by atoms with Crippen LogP contribution in [0.1, 0.15) is 50.7 Å². The Morgan fingerprint density at radius 2 is 0.500 bits per heavy atom. The minimum atomic E-state index is -0.826. The summed E-state index contributed by atoms with van der Waals surface area (Å²) in [6, 6.07) is 99.7. The van der Waals surface area contributed by atoms with Gasteiger partial charge >= 0.3 is 37.9 Å². The number of aryl methyl sites for hydroxylation is 2. The number of hydrogen-bond donors (Lipinski definition) is 0. The molecule has 4 heteroatoms. The predicted molar refractivity (Wildman–Crippen MR) is 387 cm³/mol. The summed E-state index contributed by atoms with van der Waals surface area (Å²) in [5.74, 6) is 0. The Hall–Kier alpha value is -7.94. The second-order valence-corrected chi connectivity index (χ2v) is 28.0. The summed E-state index contributed by atoms with van der Waals surface area (Å²) in [5, 5.41) is 26.2. The monoisotopic (exact) mass is 1260 g/mol. The summed E-state index contributed by atoms with van der Waals surface area (Å²) < 4.78 is 0. The zero-order chi connectivity index (χ0) is 60.1. The van der Waals surface area contributed by atoms with Crippen molar-refractivity contribution in [1.29, 1.82) is 0 Å². The average Bonchev–Trinajstić information content (AvgIpc) is 1.44. The molecule has 16 aromatic carbocycles. The van der Waals surface area contributed by atoms with Crippen molar-refractivity contribution in [3.05, 3.63) is 278 Å². The van der Waals surface area contributed by atoms with Gasteiger partial charge in [-0.3, -0.25) is 0 Å². The molecule has 0 fully saturated rings. The van der Waals surface area contributed by atoms with Crippen LogP contribution in [0.25, 0.3) is 152 Å².